The highest BCUT2D eigenvalue weighted by molar-refractivity contribution is 5.68. The molecule has 0 fully saturated rings. The smallest absolute Gasteiger partial charge is 0.182 e. The Kier molecular flexibility index (Phi) is 2.54. The summed E-state index contributed by atoms with van der Waals surface area (Å²) in [5.41, 5.74) is 2.50. The van der Waals surface area contributed by atoms with E-state index in [1.54, 1.807) is 6.07 Å². The number of anilines is 3. The van der Waals surface area contributed by atoms with Gasteiger partial charge >= 0.3 is 0 Å². The van der Waals surface area contributed by atoms with Crippen LogP contribution in [0.2, 0.25) is 0 Å². The molecule has 2 heterocycles. The summed E-state index contributed by atoms with van der Waals surface area (Å²) in [5, 5.41) is 11.1. The number of fused-ring (bicyclic) bond motifs is 1. The highest BCUT2D eigenvalue weighted by Crippen LogP contribution is 2.33. The number of aromatic nitrogens is 2. The highest BCUT2D eigenvalue weighted by atomic mass is 15.2. The molecule has 18 heavy (non-hydrogen) atoms. The first kappa shape index (κ1) is 10.5. The topological polar surface area (TPSA) is 64.8 Å². The summed E-state index contributed by atoms with van der Waals surface area (Å²) in [6, 6.07) is 10.1. The van der Waals surface area contributed by atoms with E-state index in [1.165, 1.54) is 17.6 Å². The summed E-state index contributed by atoms with van der Waals surface area (Å²) in [6.07, 6.45) is 4.35. The largest absolute Gasteiger partial charge is 0.326 e. The first-order valence-corrected chi connectivity index (χ1v) is 5.71. The Morgan fingerprint density at radius 2 is 2.17 bits per heavy atom. The lowest BCUT2D eigenvalue weighted by Gasteiger charge is -2.18. The van der Waals surface area contributed by atoms with Crippen LogP contribution in [0.4, 0.5) is 17.3 Å². The molecule has 0 amide bonds. The third-order valence-corrected chi connectivity index (χ3v) is 3.00. The van der Waals surface area contributed by atoms with Gasteiger partial charge in [0.05, 0.1) is 0 Å². The van der Waals surface area contributed by atoms with Crippen LogP contribution in [0.3, 0.4) is 0 Å². The van der Waals surface area contributed by atoms with Gasteiger partial charge in [-0.2, -0.15) is 5.26 Å². The number of nitrogens with zero attached hydrogens (tertiary/aromatic N) is 4. The van der Waals surface area contributed by atoms with Crippen LogP contribution in [-0.4, -0.2) is 16.5 Å². The number of para-hydroxylation sites is 1. The van der Waals surface area contributed by atoms with Gasteiger partial charge in [0.1, 0.15) is 18.0 Å². The molecule has 0 radical (unpaired) electrons. The van der Waals surface area contributed by atoms with Gasteiger partial charge in [0.15, 0.2) is 6.19 Å². The van der Waals surface area contributed by atoms with Crippen molar-refractivity contribution in [3.05, 3.63) is 42.2 Å². The Morgan fingerprint density at radius 1 is 1.28 bits per heavy atom. The van der Waals surface area contributed by atoms with E-state index in [0.717, 1.165) is 18.8 Å². The second kappa shape index (κ2) is 4.34. The van der Waals surface area contributed by atoms with E-state index >= 15 is 0 Å². The Hall–Kier alpha value is -2.61. The zero-order chi connectivity index (χ0) is 12.4. The molecule has 3 rings (SSSR count). The van der Waals surface area contributed by atoms with Gasteiger partial charge in [-0.05, 0) is 18.1 Å². The lowest BCUT2D eigenvalue weighted by molar-refractivity contribution is 0.965. The lowest BCUT2D eigenvalue weighted by Crippen LogP contribution is -2.15. The van der Waals surface area contributed by atoms with Crippen molar-refractivity contribution in [2.45, 2.75) is 6.42 Å². The third kappa shape index (κ3) is 1.74. The molecule has 88 valence electrons. The van der Waals surface area contributed by atoms with Crippen molar-refractivity contribution < 1.29 is 0 Å². The third-order valence-electron chi connectivity index (χ3n) is 3.00. The minimum Gasteiger partial charge on any atom is -0.326 e. The Bertz CT molecular complexity index is 617. The maximum absolute atomic E-state index is 8.60. The molecule has 1 aromatic heterocycles. The molecule has 1 N–H and O–H groups in total. The predicted octanol–water partition coefficient (Wildman–Crippen LogP) is 2.06. The summed E-state index contributed by atoms with van der Waals surface area (Å²) >= 11 is 0. The van der Waals surface area contributed by atoms with E-state index in [0.29, 0.717) is 5.82 Å². The number of hydrogen-bond acceptors (Lipinski definition) is 5. The van der Waals surface area contributed by atoms with Gasteiger partial charge in [0.25, 0.3) is 0 Å². The van der Waals surface area contributed by atoms with Gasteiger partial charge in [-0.1, -0.05) is 18.2 Å². The molecule has 5 heteroatoms. The van der Waals surface area contributed by atoms with E-state index in [1.807, 2.05) is 18.3 Å². The summed E-state index contributed by atoms with van der Waals surface area (Å²) < 4.78 is 0. The quantitative estimate of drug-likeness (QED) is 0.639. The van der Waals surface area contributed by atoms with E-state index in [9.17, 15) is 0 Å². The maximum Gasteiger partial charge on any atom is 0.182 e. The zero-order valence-electron chi connectivity index (χ0n) is 9.67. The lowest BCUT2D eigenvalue weighted by atomic mass is 10.2. The molecule has 0 aliphatic carbocycles. The molecule has 2 aromatic rings. The normalized spacial score (nSPS) is 12.9. The highest BCUT2D eigenvalue weighted by Gasteiger charge is 2.20. The summed E-state index contributed by atoms with van der Waals surface area (Å²) in [5.74, 6) is 1.33. The van der Waals surface area contributed by atoms with E-state index < -0.39 is 0 Å². The Labute approximate surface area is 105 Å². The number of nitrogens with one attached hydrogen (secondary N) is 1. The van der Waals surface area contributed by atoms with Crippen LogP contribution in [0.15, 0.2) is 36.7 Å². The Morgan fingerprint density at radius 3 is 3.06 bits per heavy atom. The molecule has 0 saturated heterocycles. The fourth-order valence-corrected chi connectivity index (χ4v) is 2.20. The second-order valence-corrected chi connectivity index (χ2v) is 4.03. The van der Waals surface area contributed by atoms with E-state index in [-0.39, 0.29) is 0 Å². The van der Waals surface area contributed by atoms with Crippen LogP contribution in [0.25, 0.3) is 0 Å². The molecular formula is C13H11N5. The average Bonchev–Trinajstić information content (AvgIpc) is 2.83. The number of hydrogen-bond donors (Lipinski definition) is 1. The van der Waals surface area contributed by atoms with Crippen molar-refractivity contribution >= 4 is 17.3 Å². The Balaban J connectivity index is 1.97. The first-order valence-electron chi connectivity index (χ1n) is 5.71. The molecule has 1 aliphatic heterocycles. The van der Waals surface area contributed by atoms with E-state index in [4.69, 9.17) is 5.26 Å². The molecule has 1 aromatic carbocycles. The molecule has 0 atom stereocenters. The molecule has 0 saturated carbocycles. The van der Waals surface area contributed by atoms with Crippen molar-refractivity contribution in [1.29, 1.82) is 5.26 Å². The molecule has 0 spiro atoms. The van der Waals surface area contributed by atoms with Crippen LogP contribution < -0.4 is 10.2 Å². The van der Waals surface area contributed by atoms with Gasteiger partial charge in [0, 0.05) is 18.3 Å². The minimum absolute atomic E-state index is 0.520. The number of nitriles is 1. The number of rotatable bonds is 2. The van der Waals surface area contributed by atoms with Crippen molar-refractivity contribution in [3.8, 4) is 6.19 Å². The summed E-state index contributed by atoms with van der Waals surface area (Å²) in [6.45, 7) is 0.905. The van der Waals surface area contributed by atoms with Crippen LogP contribution in [0, 0.1) is 11.5 Å². The molecule has 5 nitrogen and oxygen atoms in total. The molecule has 0 unspecified atom stereocenters. The fourth-order valence-electron chi connectivity index (χ4n) is 2.20. The SMILES string of the molecule is N#CNc1cc(N2CCc3ccccc32)ncn1. The predicted molar refractivity (Wildman–Crippen MR) is 68.4 cm³/mol. The van der Waals surface area contributed by atoms with E-state index in [2.05, 4.69) is 32.3 Å². The molecule has 0 bridgehead atoms. The van der Waals surface area contributed by atoms with Crippen molar-refractivity contribution in [2.75, 3.05) is 16.8 Å². The van der Waals surface area contributed by atoms with Gasteiger partial charge in [-0.3, -0.25) is 5.32 Å². The summed E-state index contributed by atoms with van der Waals surface area (Å²) in [7, 11) is 0. The summed E-state index contributed by atoms with van der Waals surface area (Å²) in [4.78, 5) is 10.4. The monoisotopic (exact) mass is 237 g/mol. The standard InChI is InChI=1S/C13H11N5/c14-8-15-12-7-13(17-9-16-12)18-6-5-10-3-1-2-4-11(10)18/h1-4,7,9H,5-6H2,(H,15,16,17). The van der Waals surface area contributed by atoms with Gasteiger partial charge < -0.3 is 4.90 Å². The van der Waals surface area contributed by atoms with Crippen molar-refractivity contribution in [1.82, 2.24) is 9.97 Å². The van der Waals surface area contributed by atoms with Gasteiger partial charge in [-0.25, -0.2) is 9.97 Å². The first-order chi connectivity index (χ1) is 8.88. The van der Waals surface area contributed by atoms with Gasteiger partial charge in [0.2, 0.25) is 0 Å². The zero-order valence-corrected chi connectivity index (χ0v) is 9.67. The van der Waals surface area contributed by atoms with Crippen LogP contribution in [0.1, 0.15) is 5.56 Å². The van der Waals surface area contributed by atoms with Crippen LogP contribution >= 0.6 is 0 Å². The maximum atomic E-state index is 8.60. The molecular weight excluding hydrogens is 226 g/mol. The average molecular weight is 237 g/mol. The van der Waals surface area contributed by atoms with Crippen LogP contribution in [-0.2, 0) is 6.42 Å². The van der Waals surface area contributed by atoms with Crippen molar-refractivity contribution in [2.24, 2.45) is 0 Å². The van der Waals surface area contributed by atoms with Crippen molar-refractivity contribution in [3.63, 3.8) is 0 Å². The molecule has 1 aliphatic rings. The van der Waals surface area contributed by atoms with Gasteiger partial charge in [-0.15, -0.1) is 0 Å². The second-order valence-electron chi connectivity index (χ2n) is 4.03. The minimum atomic E-state index is 0.520. The number of benzene rings is 1. The fraction of sp³-hybridized carbons (Fsp3) is 0.154. The van der Waals surface area contributed by atoms with Crippen LogP contribution in [0.5, 0.6) is 0 Å².